The van der Waals surface area contributed by atoms with Crippen molar-refractivity contribution in [3.8, 4) is 0 Å². The van der Waals surface area contributed by atoms with Crippen molar-refractivity contribution in [1.82, 2.24) is 20.9 Å². The second-order valence-electron chi connectivity index (χ2n) is 8.12. The van der Waals surface area contributed by atoms with Gasteiger partial charge in [-0.05, 0) is 34.6 Å². The molecular weight excluding hydrogens is 350 g/mol. The van der Waals surface area contributed by atoms with Gasteiger partial charge < -0.3 is 20.7 Å². The van der Waals surface area contributed by atoms with Crippen LogP contribution in [-0.4, -0.2) is 41.8 Å². The second-order valence-corrected chi connectivity index (χ2v) is 9.01. The van der Waals surface area contributed by atoms with Crippen molar-refractivity contribution in [3.63, 3.8) is 0 Å². The summed E-state index contributed by atoms with van der Waals surface area (Å²) in [7, 11) is 1.71. The van der Waals surface area contributed by atoms with Crippen molar-refractivity contribution < 1.29 is 9.53 Å². The van der Waals surface area contributed by atoms with Crippen molar-refractivity contribution in [2.75, 3.05) is 13.6 Å². The molecule has 0 unspecified atom stereocenters. The maximum Gasteiger partial charge on any atom is 0.408 e. The molecule has 1 heterocycles. The Balaban J connectivity index is 2.48. The Labute approximate surface area is 161 Å². The van der Waals surface area contributed by atoms with Crippen LogP contribution in [0.4, 0.5) is 4.79 Å². The Morgan fingerprint density at radius 2 is 1.92 bits per heavy atom. The molecule has 148 valence electrons. The van der Waals surface area contributed by atoms with Crippen LogP contribution in [0.15, 0.2) is 10.4 Å². The summed E-state index contributed by atoms with van der Waals surface area (Å²) in [6.07, 6.45) is -0.434. The highest BCUT2D eigenvalue weighted by atomic mass is 32.1. The van der Waals surface area contributed by atoms with Gasteiger partial charge in [-0.1, -0.05) is 13.8 Å². The van der Waals surface area contributed by atoms with Crippen LogP contribution in [0.25, 0.3) is 0 Å². The number of carbonyl (C=O) groups is 1. The van der Waals surface area contributed by atoms with Crippen molar-refractivity contribution in [3.05, 3.63) is 16.1 Å². The molecule has 0 aromatic carbocycles. The first-order valence-electron chi connectivity index (χ1n) is 8.82. The van der Waals surface area contributed by atoms with Gasteiger partial charge in [-0.25, -0.2) is 9.78 Å². The molecule has 0 saturated carbocycles. The number of carbonyl (C=O) groups excluding carboxylic acids is 1. The third-order valence-electron chi connectivity index (χ3n) is 3.26. The first kappa shape index (κ1) is 22.2. The minimum absolute atomic E-state index is 0.434. The quantitative estimate of drug-likeness (QED) is 0.518. The zero-order valence-corrected chi connectivity index (χ0v) is 18.0. The number of alkyl carbamates (subject to hydrolysis) is 1. The predicted octanol–water partition coefficient (Wildman–Crippen LogP) is 3.23. The first-order chi connectivity index (χ1) is 11.9. The molecule has 26 heavy (non-hydrogen) atoms. The predicted molar refractivity (Wildman–Crippen MR) is 108 cm³/mol. The fourth-order valence-corrected chi connectivity index (χ4v) is 2.83. The van der Waals surface area contributed by atoms with E-state index in [0.717, 1.165) is 10.7 Å². The van der Waals surface area contributed by atoms with Crippen LogP contribution in [0.2, 0.25) is 0 Å². The highest BCUT2D eigenvalue weighted by molar-refractivity contribution is 7.09. The number of amides is 1. The third-order valence-corrected chi connectivity index (χ3v) is 4.46. The molecule has 0 fully saturated rings. The average Bonchev–Trinajstić information content (AvgIpc) is 2.93. The molecule has 0 aliphatic carbocycles. The number of hydrogen-bond acceptors (Lipinski definition) is 5. The average molecular weight is 384 g/mol. The summed E-state index contributed by atoms with van der Waals surface area (Å²) in [6.45, 7) is 14.7. The molecule has 0 atom stereocenters. The zero-order chi connectivity index (χ0) is 20.0. The molecule has 3 N–H and O–H groups in total. The van der Waals surface area contributed by atoms with Crippen molar-refractivity contribution in [1.29, 1.82) is 0 Å². The molecule has 0 radical (unpaired) electrons. The van der Waals surface area contributed by atoms with Gasteiger partial charge >= 0.3 is 6.09 Å². The molecule has 7 nitrogen and oxygen atoms in total. The molecule has 1 aromatic heterocycles. The maximum atomic E-state index is 11.9. The van der Waals surface area contributed by atoms with Crippen LogP contribution >= 0.6 is 11.3 Å². The molecule has 0 bridgehead atoms. The van der Waals surface area contributed by atoms with Crippen molar-refractivity contribution in [2.45, 2.75) is 72.1 Å². The van der Waals surface area contributed by atoms with Crippen LogP contribution in [0.3, 0.4) is 0 Å². The van der Waals surface area contributed by atoms with E-state index in [-0.39, 0.29) is 0 Å². The van der Waals surface area contributed by atoms with Crippen LogP contribution in [-0.2, 0) is 11.3 Å². The van der Waals surface area contributed by atoms with Crippen molar-refractivity contribution >= 4 is 23.4 Å². The van der Waals surface area contributed by atoms with E-state index in [1.165, 1.54) is 0 Å². The monoisotopic (exact) mass is 383 g/mol. The minimum atomic E-state index is -0.520. The Morgan fingerprint density at radius 1 is 1.27 bits per heavy atom. The van der Waals surface area contributed by atoms with Crippen molar-refractivity contribution in [2.24, 2.45) is 4.99 Å². The van der Waals surface area contributed by atoms with Gasteiger partial charge in [0.05, 0.1) is 22.8 Å². The molecule has 0 aliphatic heterocycles. The molecule has 8 heteroatoms. The second kappa shape index (κ2) is 9.21. The van der Waals surface area contributed by atoms with Gasteiger partial charge in [0, 0.05) is 24.9 Å². The summed E-state index contributed by atoms with van der Waals surface area (Å²) < 4.78 is 5.30. The van der Waals surface area contributed by atoms with Crippen LogP contribution < -0.4 is 16.0 Å². The maximum absolute atomic E-state index is 11.9. The van der Waals surface area contributed by atoms with E-state index in [9.17, 15) is 4.79 Å². The number of nitrogens with one attached hydrogen (secondary N) is 3. The Bertz CT molecular complexity index is 617. The molecule has 1 aromatic rings. The highest BCUT2D eigenvalue weighted by Gasteiger charge is 2.24. The molecule has 1 rings (SSSR count). The summed E-state index contributed by atoms with van der Waals surface area (Å²) in [6, 6.07) is 0. The van der Waals surface area contributed by atoms with E-state index in [1.807, 2.05) is 34.6 Å². The number of rotatable bonds is 6. The van der Waals surface area contributed by atoms with Gasteiger partial charge in [-0.2, -0.15) is 0 Å². The molecule has 0 saturated heterocycles. The van der Waals surface area contributed by atoms with E-state index in [1.54, 1.807) is 18.4 Å². The van der Waals surface area contributed by atoms with E-state index in [4.69, 9.17) is 4.74 Å². The molecule has 0 spiro atoms. The molecule has 0 aliphatic rings. The summed E-state index contributed by atoms with van der Waals surface area (Å²) in [5.41, 5.74) is -0.0216. The largest absolute Gasteiger partial charge is 0.444 e. The van der Waals surface area contributed by atoms with Crippen LogP contribution in [0.1, 0.15) is 65.1 Å². The summed E-state index contributed by atoms with van der Waals surface area (Å²) in [5.74, 6) is 1.09. The van der Waals surface area contributed by atoms with Gasteiger partial charge in [0.15, 0.2) is 5.96 Å². The molecular formula is C18H33N5O2S. The fourth-order valence-electron chi connectivity index (χ4n) is 1.99. The smallest absolute Gasteiger partial charge is 0.408 e. The van der Waals surface area contributed by atoms with E-state index < -0.39 is 17.2 Å². The normalized spacial score (nSPS) is 12.9. The number of thiazole rings is 1. The number of aromatic nitrogens is 1. The van der Waals surface area contributed by atoms with Gasteiger partial charge in [0.1, 0.15) is 5.60 Å². The van der Waals surface area contributed by atoms with E-state index in [2.05, 4.69) is 45.2 Å². The van der Waals surface area contributed by atoms with Gasteiger partial charge in [-0.15, -0.1) is 11.3 Å². The van der Waals surface area contributed by atoms with Gasteiger partial charge in [-0.3, -0.25) is 4.99 Å². The number of hydrogen-bond donors (Lipinski definition) is 3. The zero-order valence-electron chi connectivity index (χ0n) is 17.2. The lowest BCUT2D eigenvalue weighted by Gasteiger charge is -2.29. The van der Waals surface area contributed by atoms with Gasteiger partial charge in [0.25, 0.3) is 0 Å². The standard InChI is InChI=1S/C18H33N5O2S/c1-12(2)14-22-13(10-26-14)9-20-15(19-8)21-11-18(6,7)23-16(24)25-17(3,4)5/h10,12H,9,11H2,1-8H3,(H,23,24)(H2,19,20,21). The summed E-state index contributed by atoms with van der Waals surface area (Å²) in [5, 5.41) is 12.5. The van der Waals surface area contributed by atoms with Crippen LogP contribution in [0.5, 0.6) is 0 Å². The van der Waals surface area contributed by atoms with Gasteiger partial charge in [0.2, 0.25) is 0 Å². The fraction of sp³-hybridized carbons (Fsp3) is 0.722. The van der Waals surface area contributed by atoms with E-state index >= 15 is 0 Å². The van der Waals surface area contributed by atoms with E-state index in [0.29, 0.717) is 25.0 Å². The number of nitrogens with zero attached hydrogens (tertiary/aromatic N) is 2. The topological polar surface area (TPSA) is 87.6 Å². The lowest BCUT2D eigenvalue weighted by molar-refractivity contribution is 0.0474. The number of guanidine groups is 1. The first-order valence-corrected chi connectivity index (χ1v) is 9.70. The third kappa shape index (κ3) is 8.51. The summed E-state index contributed by atoms with van der Waals surface area (Å²) in [4.78, 5) is 20.8. The number of aliphatic imine (C=N–C) groups is 1. The molecule has 1 amide bonds. The highest BCUT2D eigenvalue weighted by Crippen LogP contribution is 2.18. The summed E-state index contributed by atoms with van der Waals surface area (Å²) >= 11 is 1.67. The SMILES string of the molecule is CN=C(NCc1csc(C(C)C)n1)NCC(C)(C)NC(=O)OC(C)(C)C. The Morgan fingerprint density at radius 3 is 2.42 bits per heavy atom. The lowest BCUT2D eigenvalue weighted by atomic mass is 10.1. The van der Waals surface area contributed by atoms with Crippen LogP contribution in [0, 0.1) is 0 Å². The Hall–Kier alpha value is -1.83. The lowest BCUT2D eigenvalue weighted by Crippen LogP contribution is -2.54. The number of ether oxygens (including phenoxy) is 1. The Kier molecular flexibility index (Phi) is 7.87. The minimum Gasteiger partial charge on any atom is -0.444 e.